The van der Waals surface area contributed by atoms with Gasteiger partial charge in [-0.05, 0) is 55.5 Å². The SMILES string of the molecule is COCCCn1c([C@@H]2CCCN(C(=O)C[C@H](N)Cc3ccc(-c4ccco4)cc3)C2)nc2ccccc21. The zero-order chi connectivity index (χ0) is 25.6. The molecule has 7 heteroatoms. The lowest BCUT2D eigenvalue weighted by Gasteiger charge is -2.33. The molecule has 0 spiro atoms. The van der Waals surface area contributed by atoms with E-state index in [1.54, 1.807) is 13.4 Å². The summed E-state index contributed by atoms with van der Waals surface area (Å²) in [7, 11) is 1.73. The number of hydrogen-bond acceptors (Lipinski definition) is 5. The normalized spacial score (nSPS) is 16.8. The van der Waals surface area contributed by atoms with Crippen molar-refractivity contribution in [2.24, 2.45) is 5.73 Å². The van der Waals surface area contributed by atoms with Crippen LogP contribution in [0.25, 0.3) is 22.4 Å². The Labute approximate surface area is 218 Å². The van der Waals surface area contributed by atoms with Gasteiger partial charge in [-0.1, -0.05) is 36.4 Å². The van der Waals surface area contributed by atoms with E-state index in [1.807, 2.05) is 35.2 Å². The van der Waals surface area contributed by atoms with Gasteiger partial charge in [0, 0.05) is 57.3 Å². The minimum Gasteiger partial charge on any atom is -0.464 e. The number of amides is 1. The second-order valence-electron chi connectivity index (χ2n) is 9.98. The van der Waals surface area contributed by atoms with Gasteiger partial charge >= 0.3 is 0 Å². The number of nitrogens with zero attached hydrogens (tertiary/aromatic N) is 3. The summed E-state index contributed by atoms with van der Waals surface area (Å²) in [5.74, 6) is 2.28. The van der Waals surface area contributed by atoms with Crippen molar-refractivity contribution < 1.29 is 13.9 Å². The lowest BCUT2D eigenvalue weighted by Crippen LogP contribution is -2.42. The number of imidazole rings is 1. The van der Waals surface area contributed by atoms with Crippen LogP contribution in [0.1, 0.15) is 43.0 Å². The van der Waals surface area contributed by atoms with Crippen LogP contribution in [-0.2, 0) is 22.5 Å². The number of hydrogen-bond donors (Lipinski definition) is 1. The molecule has 2 aromatic heterocycles. The predicted molar refractivity (Wildman–Crippen MR) is 145 cm³/mol. The molecule has 2 aromatic carbocycles. The van der Waals surface area contributed by atoms with E-state index in [4.69, 9.17) is 19.9 Å². The standard InChI is InChI=1S/C30H36N4O3/c1-36-17-6-16-34-27-9-3-2-8-26(27)32-30(34)24-7-4-15-33(21-24)29(35)20-25(31)19-22-11-13-23(14-12-22)28-10-5-18-37-28/h2-3,5,8-14,18,24-25H,4,6-7,15-17,19-21,31H2,1H3/t24-,25-/m1/s1. The number of carbonyl (C=O) groups is 1. The van der Waals surface area contributed by atoms with Crippen LogP contribution in [0.2, 0.25) is 0 Å². The maximum Gasteiger partial charge on any atom is 0.224 e. The lowest BCUT2D eigenvalue weighted by atomic mass is 9.95. The molecule has 0 unspecified atom stereocenters. The molecule has 4 aromatic rings. The van der Waals surface area contributed by atoms with E-state index in [9.17, 15) is 4.79 Å². The minimum atomic E-state index is -0.221. The average Bonchev–Trinajstić information content (AvgIpc) is 3.58. The molecule has 0 aliphatic carbocycles. The van der Waals surface area contributed by atoms with E-state index in [0.717, 1.165) is 66.1 Å². The van der Waals surface area contributed by atoms with Crippen LogP contribution in [0.15, 0.2) is 71.3 Å². The Morgan fingerprint density at radius 1 is 1.16 bits per heavy atom. The number of aryl methyl sites for hydroxylation is 1. The summed E-state index contributed by atoms with van der Waals surface area (Å²) in [5, 5.41) is 0. The Morgan fingerprint density at radius 3 is 2.78 bits per heavy atom. The van der Waals surface area contributed by atoms with Crippen LogP contribution in [0.4, 0.5) is 0 Å². The highest BCUT2D eigenvalue weighted by Gasteiger charge is 2.29. The molecule has 1 aliphatic rings. The van der Waals surface area contributed by atoms with Crippen molar-refractivity contribution in [3.63, 3.8) is 0 Å². The number of ether oxygens (including phenoxy) is 1. The average molecular weight is 501 g/mol. The molecule has 1 saturated heterocycles. The lowest BCUT2D eigenvalue weighted by molar-refractivity contribution is -0.132. The van der Waals surface area contributed by atoms with Crippen LogP contribution >= 0.6 is 0 Å². The molecule has 3 heterocycles. The Balaban J connectivity index is 1.22. The van der Waals surface area contributed by atoms with Gasteiger partial charge in [0.2, 0.25) is 5.91 Å². The second kappa shape index (κ2) is 11.8. The number of fused-ring (bicyclic) bond motifs is 1. The molecule has 194 valence electrons. The van der Waals surface area contributed by atoms with Gasteiger partial charge in [0.25, 0.3) is 0 Å². The molecule has 1 fully saturated rings. The van der Waals surface area contributed by atoms with Gasteiger partial charge in [0.05, 0.1) is 17.3 Å². The first-order chi connectivity index (χ1) is 18.1. The molecule has 7 nitrogen and oxygen atoms in total. The molecule has 5 rings (SSSR count). The number of likely N-dealkylation sites (tertiary alicyclic amines) is 1. The third-order valence-corrected chi connectivity index (χ3v) is 7.25. The zero-order valence-electron chi connectivity index (χ0n) is 21.5. The Morgan fingerprint density at radius 2 is 2.00 bits per heavy atom. The number of benzene rings is 2. The fraction of sp³-hybridized carbons (Fsp3) is 0.400. The number of nitrogens with two attached hydrogens (primary N) is 1. The Hall–Kier alpha value is -3.42. The Kier molecular flexibility index (Phi) is 8.02. The fourth-order valence-corrected chi connectivity index (χ4v) is 5.40. The molecule has 2 atom stereocenters. The van der Waals surface area contributed by atoms with Crippen LogP contribution in [0.3, 0.4) is 0 Å². The van der Waals surface area contributed by atoms with E-state index in [-0.39, 0.29) is 17.9 Å². The highest BCUT2D eigenvalue weighted by molar-refractivity contribution is 5.78. The van der Waals surface area contributed by atoms with Gasteiger partial charge in [-0.2, -0.15) is 0 Å². The summed E-state index contributed by atoms with van der Waals surface area (Å²) in [6.07, 6.45) is 5.61. The maximum atomic E-state index is 13.2. The minimum absolute atomic E-state index is 0.131. The van der Waals surface area contributed by atoms with E-state index < -0.39 is 0 Å². The summed E-state index contributed by atoms with van der Waals surface area (Å²) < 4.78 is 13.1. The number of carbonyl (C=O) groups excluding carboxylic acids is 1. The molecule has 2 N–H and O–H groups in total. The van der Waals surface area contributed by atoms with Crippen molar-refractivity contribution in [2.75, 3.05) is 26.8 Å². The highest BCUT2D eigenvalue weighted by atomic mass is 16.5. The van der Waals surface area contributed by atoms with Crippen molar-refractivity contribution in [3.05, 3.63) is 78.3 Å². The van der Waals surface area contributed by atoms with Crippen LogP contribution in [0, 0.1) is 0 Å². The molecule has 0 radical (unpaired) electrons. The molecule has 37 heavy (non-hydrogen) atoms. The van der Waals surface area contributed by atoms with E-state index >= 15 is 0 Å². The maximum absolute atomic E-state index is 13.2. The number of aromatic nitrogens is 2. The monoisotopic (exact) mass is 500 g/mol. The predicted octanol–water partition coefficient (Wildman–Crippen LogP) is 5.00. The summed E-state index contributed by atoms with van der Waals surface area (Å²) >= 11 is 0. The number of rotatable bonds is 10. The first-order valence-corrected chi connectivity index (χ1v) is 13.2. The quantitative estimate of drug-likeness (QED) is 0.310. The van der Waals surface area contributed by atoms with Crippen molar-refractivity contribution in [2.45, 2.75) is 50.6 Å². The van der Waals surface area contributed by atoms with Crippen molar-refractivity contribution in [3.8, 4) is 11.3 Å². The third kappa shape index (κ3) is 5.95. The van der Waals surface area contributed by atoms with Crippen LogP contribution in [0.5, 0.6) is 0 Å². The van der Waals surface area contributed by atoms with Gasteiger partial charge in [-0.25, -0.2) is 4.98 Å². The van der Waals surface area contributed by atoms with Gasteiger partial charge in [0.1, 0.15) is 11.6 Å². The first kappa shape index (κ1) is 25.2. The molecule has 1 aliphatic heterocycles. The van der Waals surface area contributed by atoms with Crippen molar-refractivity contribution in [1.29, 1.82) is 0 Å². The molecular weight excluding hydrogens is 464 g/mol. The van der Waals surface area contributed by atoms with Gasteiger partial charge < -0.3 is 24.4 Å². The number of furan rings is 1. The third-order valence-electron chi connectivity index (χ3n) is 7.25. The summed E-state index contributed by atoms with van der Waals surface area (Å²) in [6, 6.07) is 20.1. The number of piperidine rings is 1. The molecule has 0 bridgehead atoms. The largest absolute Gasteiger partial charge is 0.464 e. The summed E-state index contributed by atoms with van der Waals surface area (Å²) in [6.45, 7) is 3.04. The topological polar surface area (TPSA) is 86.5 Å². The summed E-state index contributed by atoms with van der Waals surface area (Å²) in [4.78, 5) is 20.2. The highest BCUT2D eigenvalue weighted by Crippen LogP contribution is 2.30. The molecular formula is C30H36N4O3. The number of para-hydroxylation sites is 2. The smallest absolute Gasteiger partial charge is 0.224 e. The van der Waals surface area contributed by atoms with Crippen LogP contribution < -0.4 is 5.73 Å². The van der Waals surface area contributed by atoms with Crippen molar-refractivity contribution >= 4 is 16.9 Å². The van der Waals surface area contributed by atoms with Gasteiger partial charge in [0.15, 0.2) is 0 Å². The molecule has 1 amide bonds. The molecule has 0 saturated carbocycles. The number of methoxy groups -OCH3 is 1. The zero-order valence-corrected chi connectivity index (χ0v) is 21.5. The first-order valence-electron chi connectivity index (χ1n) is 13.2. The summed E-state index contributed by atoms with van der Waals surface area (Å²) in [5.41, 5.74) is 10.8. The Bertz CT molecular complexity index is 1300. The van der Waals surface area contributed by atoms with E-state index in [1.165, 1.54) is 0 Å². The second-order valence-corrected chi connectivity index (χ2v) is 9.98. The van der Waals surface area contributed by atoms with Crippen molar-refractivity contribution in [1.82, 2.24) is 14.5 Å². The van der Waals surface area contributed by atoms with E-state index in [0.29, 0.717) is 26.0 Å². The van der Waals surface area contributed by atoms with E-state index in [2.05, 4.69) is 34.9 Å². The van der Waals surface area contributed by atoms with Gasteiger partial charge in [-0.15, -0.1) is 0 Å². The van der Waals surface area contributed by atoms with Crippen LogP contribution in [-0.4, -0.2) is 53.2 Å². The fourth-order valence-electron chi connectivity index (χ4n) is 5.40. The van der Waals surface area contributed by atoms with Gasteiger partial charge in [-0.3, -0.25) is 4.79 Å².